The number of carbonyl (C=O) groups excluding carboxylic acids is 1. The Bertz CT molecular complexity index is 605. The van der Waals surface area contributed by atoms with Gasteiger partial charge in [0.2, 0.25) is 5.91 Å². The molecule has 24 heavy (non-hydrogen) atoms. The predicted octanol–water partition coefficient (Wildman–Crippen LogP) is 1.29. The molecule has 0 bridgehead atoms. The third kappa shape index (κ3) is 4.38. The van der Waals surface area contributed by atoms with E-state index in [4.69, 9.17) is 14.6 Å². The Labute approximate surface area is 141 Å². The second-order valence-electron chi connectivity index (χ2n) is 5.96. The van der Waals surface area contributed by atoms with Crippen LogP contribution >= 0.6 is 0 Å². The summed E-state index contributed by atoms with van der Waals surface area (Å²) in [5, 5.41) is 11.9. The standard InChI is InChI=1S/C17H24N2O5/c1-11(14-8-13(23-2)4-5-15(14)24-3)18-16(20)10-19-7-6-12(9-19)17(21)22/h4-5,8,11-12H,6-7,9-10H2,1-3H3,(H,18,20)(H,21,22). The van der Waals surface area contributed by atoms with Crippen LogP contribution in [-0.4, -0.2) is 55.7 Å². The number of nitrogens with one attached hydrogen (secondary N) is 1. The van der Waals surface area contributed by atoms with Crippen LogP contribution in [0.5, 0.6) is 11.5 Å². The van der Waals surface area contributed by atoms with E-state index in [-0.39, 0.29) is 24.4 Å². The first-order valence-corrected chi connectivity index (χ1v) is 7.91. The number of amides is 1. The second kappa shape index (κ2) is 8.01. The molecule has 2 unspecified atom stereocenters. The van der Waals surface area contributed by atoms with Crippen LogP contribution < -0.4 is 14.8 Å². The van der Waals surface area contributed by atoms with Crippen LogP contribution in [0, 0.1) is 5.92 Å². The number of hydrogen-bond acceptors (Lipinski definition) is 5. The molecule has 7 nitrogen and oxygen atoms in total. The van der Waals surface area contributed by atoms with Gasteiger partial charge >= 0.3 is 5.97 Å². The zero-order valence-electron chi connectivity index (χ0n) is 14.2. The van der Waals surface area contributed by atoms with Gasteiger partial charge in [0.05, 0.1) is 32.7 Å². The summed E-state index contributed by atoms with van der Waals surface area (Å²) in [6.07, 6.45) is 0.585. The molecule has 2 N–H and O–H groups in total. The highest BCUT2D eigenvalue weighted by Gasteiger charge is 2.29. The van der Waals surface area contributed by atoms with Gasteiger partial charge in [-0.25, -0.2) is 0 Å². The van der Waals surface area contributed by atoms with E-state index in [0.717, 1.165) is 5.56 Å². The summed E-state index contributed by atoms with van der Waals surface area (Å²) in [6.45, 7) is 3.11. The van der Waals surface area contributed by atoms with E-state index < -0.39 is 5.97 Å². The maximum Gasteiger partial charge on any atom is 0.307 e. The van der Waals surface area contributed by atoms with Gasteiger partial charge in [0, 0.05) is 12.1 Å². The monoisotopic (exact) mass is 336 g/mol. The van der Waals surface area contributed by atoms with Crippen molar-refractivity contribution in [2.24, 2.45) is 5.92 Å². The number of aliphatic carboxylic acids is 1. The minimum absolute atomic E-state index is 0.140. The third-order valence-corrected chi connectivity index (χ3v) is 4.27. The molecule has 0 radical (unpaired) electrons. The number of methoxy groups -OCH3 is 2. The molecule has 0 aromatic heterocycles. The van der Waals surface area contributed by atoms with Gasteiger partial charge in [0.25, 0.3) is 0 Å². The van der Waals surface area contributed by atoms with Crippen molar-refractivity contribution in [1.82, 2.24) is 10.2 Å². The highest BCUT2D eigenvalue weighted by Crippen LogP contribution is 2.29. The van der Waals surface area contributed by atoms with Crippen LogP contribution in [-0.2, 0) is 9.59 Å². The lowest BCUT2D eigenvalue weighted by Gasteiger charge is -2.20. The van der Waals surface area contributed by atoms with Gasteiger partial charge in [-0.1, -0.05) is 0 Å². The van der Waals surface area contributed by atoms with Gasteiger partial charge < -0.3 is 19.9 Å². The topological polar surface area (TPSA) is 88.1 Å². The van der Waals surface area contributed by atoms with Gasteiger partial charge in [0.15, 0.2) is 0 Å². The third-order valence-electron chi connectivity index (χ3n) is 4.27. The molecule has 1 aromatic carbocycles. The lowest BCUT2D eigenvalue weighted by Crippen LogP contribution is -2.37. The van der Waals surface area contributed by atoms with Crippen molar-refractivity contribution in [2.75, 3.05) is 33.9 Å². The van der Waals surface area contributed by atoms with Crippen molar-refractivity contribution < 1.29 is 24.2 Å². The minimum Gasteiger partial charge on any atom is -0.497 e. The van der Waals surface area contributed by atoms with Crippen molar-refractivity contribution >= 4 is 11.9 Å². The zero-order chi connectivity index (χ0) is 17.7. The minimum atomic E-state index is -0.799. The summed E-state index contributed by atoms with van der Waals surface area (Å²) in [4.78, 5) is 25.1. The van der Waals surface area contributed by atoms with Crippen molar-refractivity contribution in [3.8, 4) is 11.5 Å². The molecule has 1 aliphatic heterocycles. The molecule has 1 saturated heterocycles. The first kappa shape index (κ1) is 18.1. The Balaban J connectivity index is 1.95. The lowest BCUT2D eigenvalue weighted by atomic mass is 10.1. The SMILES string of the molecule is COc1ccc(OC)c(C(C)NC(=O)CN2CCC(C(=O)O)C2)c1. The molecule has 1 aromatic rings. The number of ether oxygens (including phenoxy) is 2. The first-order valence-electron chi connectivity index (χ1n) is 7.91. The average Bonchev–Trinajstić information content (AvgIpc) is 3.02. The molecule has 0 aliphatic carbocycles. The van der Waals surface area contributed by atoms with E-state index in [0.29, 0.717) is 31.0 Å². The largest absolute Gasteiger partial charge is 0.497 e. The summed E-state index contributed by atoms with van der Waals surface area (Å²) >= 11 is 0. The first-order chi connectivity index (χ1) is 11.4. The molecule has 1 amide bonds. The van der Waals surface area contributed by atoms with Gasteiger partial charge in [-0.15, -0.1) is 0 Å². The Morgan fingerprint density at radius 2 is 2.12 bits per heavy atom. The Hall–Kier alpha value is -2.28. The van der Waals surface area contributed by atoms with Crippen LogP contribution in [0.25, 0.3) is 0 Å². The van der Waals surface area contributed by atoms with E-state index in [1.807, 2.05) is 17.9 Å². The highest BCUT2D eigenvalue weighted by molar-refractivity contribution is 5.79. The number of nitrogens with zero attached hydrogens (tertiary/aromatic N) is 1. The molecule has 0 saturated carbocycles. The van der Waals surface area contributed by atoms with Gasteiger partial charge in [-0.05, 0) is 38.1 Å². The number of carbonyl (C=O) groups is 2. The second-order valence-corrected chi connectivity index (χ2v) is 5.96. The van der Waals surface area contributed by atoms with Crippen LogP contribution in [0.3, 0.4) is 0 Å². The number of rotatable bonds is 7. The average molecular weight is 336 g/mol. The quantitative estimate of drug-likeness (QED) is 0.780. The summed E-state index contributed by atoms with van der Waals surface area (Å²) in [7, 11) is 3.16. The van der Waals surface area contributed by atoms with Gasteiger partial charge in [0.1, 0.15) is 11.5 Å². The zero-order valence-corrected chi connectivity index (χ0v) is 14.2. The predicted molar refractivity (Wildman–Crippen MR) is 88.3 cm³/mol. The van der Waals surface area contributed by atoms with Crippen LogP contribution in [0.15, 0.2) is 18.2 Å². The molecule has 1 heterocycles. The molecule has 7 heteroatoms. The molecule has 132 valence electrons. The normalized spacial score (nSPS) is 18.9. The molecular weight excluding hydrogens is 312 g/mol. The lowest BCUT2D eigenvalue weighted by molar-refractivity contribution is -0.141. The van der Waals surface area contributed by atoms with E-state index in [1.54, 1.807) is 26.4 Å². The number of likely N-dealkylation sites (tertiary alicyclic amines) is 1. The summed E-state index contributed by atoms with van der Waals surface area (Å²) < 4.78 is 10.6. The van der Waals surface area contributed by atoms with E-state index in [9.17, 15) is 9.59 Å². The maximum absolute atomic E-state index is 12.2. The van der Waals surface area contributed by atoms with Gasteiger partial charge in [-0.2, -0.15) is 0 Å². The van der Waals surface area contributed by atoms with Crippen molar-refractivity contribution in [2.45, 2.75) is 19.4 Å². The van der Waals surface area contributed by atoms with Crippen molar-refractivity contribution in [3.63, 3.8) is 0 Å². The van der Waals surface area contributed by atoms with E-state index in [1.165, 1.54) is 0 Å². The smallest absolute Gasteiger partial charge is 0.307 e. The van der Waals surface area contributed by atoms with E-state index in [2.05, 4.69) is 5.32 Å². The molecule has 0 spiro atoms. The number of carboxylic acid groups (broad SMARTS) is 1. The number of benzene rings is 1. The van der Waals surface area contributed by atoms with Crippen LogP contribution in [0.2, 0.25) is 0 Å². The molecular formula is C17H24N2O5. The van der Waals surface area contributed by atoms with E-state index >= 15 is 0 Å². The summed E-state index contributed by atoms with van der Waals surface area (Å²) in [6, 6.07) is 5.18. The fourth-order valence-corrected chi connectivity index (χ4v) is 2.92. The Morgan fingerprint density at radius 3 is 2.71 bits per heavy atom. The van der Waals surface area contributed by atoms with Crippen molar-refractivity contribution in [1.29, 1.82) is 0 Å². The van der Waals surface area contributed by atoms with Gasteiger partial charge in [-0.3, -0.25) is 14.5 Å². The van der Waals surface area contributed by atoms with Crippen LogP contribution in [0.4, 0.5) is 0 Å². The maximum atomic E-state index is 12.2. The number of hydrogen-bond donors (Lipinski definition) is 2. The Morgan fingerprint density at radius 1 is 1.38 bits per heavy atom. The van der Waals surface area contributed by atoms with Crippen LogP contribution in [0.1, 0.15) is 24.9 Å². The fourth-order valence-electron chi connectivity index (χ4n) is 2.92. The fraction of sp³-hybridized carbons (Fsp3) is 0.529. The molecule has 2 atom stereocenters. The molecule has 1 fully saturated rings. The summed E-state index contributed by atoms with van der Waals surface area (Å²) in [5.41, 5.74) is 0.829. The molecule has 2 rings (SSSR count). The molecule has 1 aliphatic rings. The summed E-state index contributed by atoms with van der Waals surface area (Å²) in [5.74, 6) is 0.0472. The highest BCUT2D eigenvalue weighted by atomic mass is 16.5. The number of carboxylic acids is 1. The Kier molecular flexibility index (Phi) is 6.03. The van der Waals surface area contributed by atoms with Crippen molar-refractivity contribution in [3.05, 3.63) is 23.8 Å².